The summed E-state index contributed by atoms with van der Waals surface area (Å²) in [6.07, 6.45) is 12.1. The van der Waals surface area contributed by atoms with Crippen molar-refractivity contribution >= 4 is 10.9 Å². The van der Waals surface area contributed by atoms with Crippen LogP contribution >= 0.6 is 0 Å². The number of hydrogen-bond acceptors (Lipinski definition) is 2. The van der Waals surface area contributed by atoms with E-state index in [1.165, 1.54) is 38.5 Å². The van der Waals surface area contributed by atoms with E-state index >= 15 is 0 Å². The smallest absolute Gasteiger partial charge is 0.150 e. The summed E-state index contributed by atoms with van der Waals surface area (Å²) in [5, 5.41) is 5.72. The largest absolute Gasteiger partial charge is 0.356 e. The van der Waals surface area contributed by atoms with Crippen LogP contribution in [0.1, 0.15) is 63.2 Å². The maximum Gasteiger partial charge on any atom is 0.150 e. The van der Waals surface area contributed by atoms with Crippen molar-refractivity contribution in [2.24, 2.45) is 5.92 Å². The molecule has 1 aromatic carbocycles. The molecule has 1 saturated heterocycles. The highest BCUT2D eigenvalue weighted by molar-refractivity contribution is 5.80. The Morgan fingerprint density at radius 3 is 2.74 bits per heavy atom. The SMILES string of the molecule is C(#CC1CCCCC1)c1ccc2c(cnn2C2CCCCO2)c1. The molecule has 2 heterocycles. The van der Waals surface area contributed by atoms with Gasteiger partial charge in [0.25, 0.3) is 0 Å². The summed E-state index contributed by atoms with van der Waals surface area (Å²) in [6.45, 7) is 0.844. The van der Waals surface area contributed by atoms with Crippen LogP contribution in [0.4, 0.5) is 0 Å². The van der Waals surface area contributed by atoms with Crippen LogP contribution in [0.2, 0.25) is 0 Å². The van der Waals surface area contributed by atoms with Gasteiger partial charge in [0, 0.05) is 23.5 Å². The lowest BCUT2D eigenvalue weighted by Crippen LogP contribution is -2.18. The Labute approximate surface area is 138 Å². The van der Waals surface area contributed by atoms with E-state index in [-0.39, 0.29) is 6.23 Å². The lowest BCUT2D eigenvalue weighted by Gasteiger charge is -2.23. The van der Waals surface area contributed by atoms with Crippen molar-refractivity contribution in [2.45, 2.75) is 57.6 Å². The zero-order valence-corrected chi connectivity index (χ0v) is 13.6. The third-order valence-corrected chi connectivity index (χ3v) is 5.05. The first-order valence-corrected chi connectivity index (χ1v) is 9.00. The van der Waals surface area contributed by atoms with E-state index in [9.17, 15) is 0 Å². The minimum absolute atomic E-state index is 0.0976. The van der Waals surface area contributed by atoms with Crippen LogP contribution in [0.5, 0.6) is 0 Å². The van der Waals surface area contributed by atoms with Crippen LogP contribution in [0, 0.1) is 17.8 Å². The molecule has 0 amide bonds. The van der Waals surface area contributed by atoms with E-state index < -0.39 is 0 Å². The van der Waals surface area contributed by atoms with Crippen molar-refractivity contribution in [3.05, 3.63) is 30.0 Å². The van der Waals surface area contributed by atoms with Gasteiger partial charge in [-0.25, -0.2) is 4.68 Å². The van der Waals surface area contributed by atoms with Gasteiger partial charge < -0.3 is 4.74 Å². The molecular weight excluding hydrogens is 284 g/mol. The highest BCUT2D eigenvalue weighted by atomic mass is 16.5. The van der Waals surface area contributed by atoms with Crippen molar-refractivity contribution in [1.82, 2.24) is 9.78 Å². The van der Waals surface area contributed by atoms with Gasteiger partial charge in [-0.15, -0.1) is 0 Å². The molecule has 2 aromatic rings. The topological polar surface area (TPSA) is 27.1 Å². The van der Waals surface area contributed by atoms with Gasteiger partial charge in [-0.1, -0.05) is 31.1 Å². The molecule has 2 aliphatic rings. The summed E-state index contributed by atoms with van der Waals surface area (Å²) in [7, 11) is 0. The van der Waals surface area contributed by atoms with Crippen LogP contribution in [0.3, 0.4) is 0 Å². The zero-order valence-electron chi connectivity index (χ0n) is 13.6. The quantitative estimate of drug-likeness (QED) is 0.716. The molecule has 1 unspecified atom stereocenters. The molecule has 0 N–H and O–H groups in total. The first-order valence-electron chi connectivity index (χ1n) is 9.00. The number of hydrogen-bond donors (Lipinski definition) is 0. The van der Waals surface area contributed by atoms with Crippen molar-refractivity contribution in [2.75, 3.05) is 6.61 Å². The van der Waals surface area contributed by atoms with Crippen molar-refractivity contribution in [1.29, 1.82) is 0 Å². The first-order chi connectivity index (χ1) is 11.4. The molecule has 2 fully saturated rings. The Hall–Kier alpha value is -1.79. The van der Waals surface area contributed by atoms with E-state index in [1.807, 2.05) is 10.9 Å². The Bertz CT molecular complexity index is 725. The fourth-order valence-electron chi connectivity index (χ4n) is 3.71. The second kappa shape index (κ2) is 6.76. The number of benzene rings is 1. The van der Waals surface area contributed by atoms with Crippen LogP contribution in [0.25, 0.3) is 10.9 Å². The zero-order chi connectivity index (χ0) is 15.5. The molecule has 1 aliphatic carbocycles. The molecule has 1 saturated carbocycles. The standard InChI is InChI=1S/C20H24N2O/c1-2-6-16(7-3-1)9-10-17-11-12-19-18(14-17)15-21-22(19)20-8-4-5-13-23-20/h11-12,14-16,20H,1-8,13H2. The van der Waals surface area contributed by atoms with Crippen LogP contribution in [-0.4, -0.2) is 16.4 Å². The van der Waals surface area contributed by atoms with E-state index in [0.29, 0.717) is 5.92 Å². The predicted molar refractivity (Wildman–Crippen MR) is 92.0 cm³/mol. The minimum atomic E-state index is 0.0976. The highest BCUT2D eigenvalue weighted by Crippen LogP contribution is 2.27. The van der Waals surface area contributed by atoms with Crippen molar-refractivity contribution in [3.63, 3.8) is 0 Å². The third-order valence-electron chi connectivity index (χ3n) is 5.05. The Balaban J connectivity index is 1.55. The van der Waals surface area contributed by atoms with E-state index in [2.05, 4.69) is 35.1 Å². The van der Waals surface area contributed by atoms with E-state index in [0.717, 1.165) is 35.9 Å². The van der Waals surface area contributed by atoms with Crippen LogP contribution in [-0.2, 0) is 4.74 Å². The molecule has 0 spiro atoms. The maximum atomic E-state index is 5.86. The molecule has 120 valence electrons. The van der Waals surface area contributed by atoms with Crippen molar-refractivity contribution < 1.29 is 4.74 Å². The van der Waals surface area contributed by atoms with Gasteiger partial charge in [0.15, 0.2) is 6.23 Å². The molecule has 4 rings (SSSR count). The van der Waals surface area contributed by atoms with Gasteiger partial charge in [-0.3, -0.25) is 0 Å². The average molecular weight is 308 g/mol. The number of aromatic nitrogens is 2. The molecule has 0 bridgehead atoms. The molecule has 1 atom stereocenters. The number of nitrogens with zero attached hydrogens (tertiary/aromatic N) is 2. The normalized spacial score (nSPS) is 22.7. The van der Waals surface area contributed by atoms with Crippen molar-refractivity contribution in [3.8, 4) is 11.8 Å². The van der Waals surface area contributed by atoms with Gasteiger partial charge in [0.1, 0.15) is 0 Å². The second-order valence-electron chi connectivity index (χ2n) is 6.79. The summed E-state index contributed by atoms with van der Waals surface area (Å²) < 4.78 is 7.89. The average Bonchev–Trinajstić information content (AvgIpc) is 3.05. The summed E-state index contributed by atoms with van der Waals surface area (Å²) in [4.78, 5) is 0. The van der Waals surface area contributed by atoms with E-state index in [4.69, 9.17) is 4.74 Å². The fraction of sp³-hybridized carbons (Fsp3) is 0.550. The first kappa shape index (κ1) is 14.8. The Morgan fingerprint density at radius 1 is 1.04 bits per heavy atom. The molecule has 23 heavy (non-hydrogen) atoms. The second-order valence-corrected chi connectivity index (χ2v) is 6.79. The van der Waals surface area contributed by atoms with Gasteiger partial charge in [0.05, 0.1) is 11.7 Å². The summed E-state index contributed by atoms with van der Waals surface area (Å²) in [5.41, 5.74) is 2.26. The van der Waals surface area contributed by atoms with Gasteiger partial charge in [-0.2, -0.15) is 5.10 Å². The number of rotatable bonds is 1. The van der Waals surface area contributed by atoms with Gasteiger partial charge >= 0.3 is 0 Å². The summed E-state index contributed by atoms with van der Waals surface area (Å²) in [6, 6.07) is 6.43. The lowest BCUT2D eigenvalue weighted by molar-refractivity contribution is -0.0366. The molecule has 3 nitrogen and oxygen atoms in total. The monoisotopic (exact) mass is 308 g/mol. The molecule has 3 heteroatoms. The van der Waals surface area contributed by atoms with Crippen LogP contribution < -0.4 is 0 Å². The highest BCUT2D eigenvalue weighted by Gasteiger charge is 2.18. The third kappa shape index (κ3) is 3.28. The van der Waals surface area contributed by atoms with Gasteiger partial charge in [-0.05, 0) is 50.3 Å². The molecular formula is C20H24N2O. The number of fused-ring (bicyclic) bond motifs is 1. The molecule has 1 aliphatic heterocycles. The van der Waals surface area contributed by atoms with Gasteiger partial charge in [0.2, 0.25) is 0 Å². The van der Waals surface area contributed by atoms with E-state index in [1.54, 1.807) is 0 Å². The molecule has 0 radical (unpaired) electrons. The predicted octanol–water partition coefficient (Wildman–Crippen LogP) is 4.67. The summed E-state index contributed by atoms with van der Waals surface area (Å²) in [5.74, 6) is 7.44. The molecule has 1 aromatic heterocycles. The lowest BCUT2D eigenvalue weighted by atomic mass is 9.89. The fourth-order valence-corrected chi connectivity index (χ4v) is 3.71. The number of ether oxygens (including phenoxy) is 1. The maximum absolute atomic E-state index is 5.86. The minimum Gasteiger partial charge on any atom is -0.356 e. The summed E-state index contributed by atoms with van der Waals surface area (Å²) >= 11 is 0. The van der Waals surface area contributed by atoms with Crippen LogP contribution in [0.15, 0.2) is 24.4 Å². The Morgan fingerprint density at radius 2 is 1.91 bits per heavy atom. The Kier molecular flexibility index (Phi) is 4.35.